The molecule has 1 aliphatic rings. The summed E-state index contributed by atoms with van der Waals surface area (Å²) in [6.45, 7) is 0.908. The van der Waals surface area contributed by atoms with Crippen molar-refractivity contribution in [2.24, 2.45) is 0 Å². The number of esters is 1. The van der Waals surface area contributed by atoms with Gasteiger partial charge in [0.25, 0.3) is 17.4 Å². The molecule has 0 atom stereocenters. The van der Waals surface area contributed by atoms with Crippen molar-refractivity contribution < 1.29 is 19.1 Å². The Bertz CT molecular complexity index is 1260. The SMILES string of the molecule is Cc1cccc2nc(COC(=O)CN3C(=O)c4cc(Cl)c(Cl)cc4C3=O)cc(=O)n12. The van der Waals surface area contributed by atoms with Crippen LogP contribution in [-0.4, -0.2) is 38.6 Å². The molecule has 0 radical (unpaired) electrons. The van der Waals surface area contributed by atoms with E-state index in [0.717, 1.165) is 10.6 Å². The van der Waals surface area contributed by atoms with Crippen LogP contribution in [-0.2, 0) is 16.1 Å². The first-order chi connectivity index (χ1) is 14.3. The van der Waals surface area contributed by atoms with Crippen LogP contribution in [0.4, 0.5) is 0 Å². The van der Waals surface area contributed by atoms with E-state index in [0.29, 0.717) is 5.65 Å². The Morgan fingerprint density at radius 1 is 1.03 bits per heavy atom. The normalized spacial score (nSPS) is 13.1. The van der Waals surface area contributed by atoms with Gasteiger partial charge >= 0.3 is 5.97 Å². The summed E-state index contributed by atoms with van der Waals surface area (Å²) in [6.07, 6.45) is 0. The molecule has 3 aromatic rings. The largest absolute Gasteiger partial charge is 0.458 e. The lowest BCUT2D eigenvalue weighted by Crippen LogP contribution is -2.35. The van der Waals surface area contributed by atoms with Crippen molar-refractivity contribution in [3.63, 3.8) is 0 Å². The van der Waals surface area contributed by atoms with Crippen molar-refractivity contribution in [2.45, 2.75) is 13.5 Å². The number of imide groups is 1. The molecule has 1 aromatic carbocycles. The number of carbonyl (C=O) groups excluding carboxylic acids is 3. The van der Waals surface area contributed by atoms with Gasteiger partial charge in [0.2, 0.25) is 0 Å². The number of hydrogen-bond donors (Lipinski definition) is 0. The quantitative estimate of drug-likeness (QED) is 0.452. The maximum Gasteiger partial charge on any atom is 0.326 e. The Morgan fingerprint density at radius 3 is 2.30 bits per heavy atom. The summed E-state index contributed by atoms with van der Waals surface area (Å²) in [5, 5.41) is 0.259. The van der Waals surface area contributed by atoms with Crippen LogP contribution in [0, 0.1) is 6.92 Å². The lowest BCUT2D eigenvalue weighted by molar-refractivity contribution is -0.145. The summed E-state index contributed by atoms with van der Waals surface area (Å²) in [5.74, 6) is -2.15. The molecule has 2 amide bonds. The topological polar surface area (TPSA) is 98.0 Å². The first-order valence-electron chi connectivity index (χ1n) is 8.75. The molecule has 0 aliphatic carbocycles. The second-order valence-electron chi connectivity index (χ2n) is 6.62. The third kappa shape index (κ3) is 3.44. The Hall–Kier alpha value is -3.23. The average molecular weight is 446 g/mol. The van der Waals surface area contributed by atoms with Crippen LogP contribution in [0.15, 0.2) is 41.2 Å². The van der Waals surface area contributed by atoms with E-state index in [1.165, 1.54) is 22.6 Å². The van der Waals surface area contributed by atoms with Gasteiger partial charge in [-0.15, -0.1) is 0 Å². The minimum Gasteiger partial charge on any atom is -0.458 e. The number of pyridine rings is 1. The summed E-state index contributed by atoms with van der Waals surface area (Å²) in [5.41, 5.74) is 1.23. The van der Waals surface area contributed by atoms with E-state index >= 15 is 0 Å². The summed E-state index contributed by atoms with van der Waals surface area (Å²) >= 11 is 11.8. The van der Waals surface area contributed by atoms with E-state index < -0.39 is 24.3 Å². The number of halogens is 2. The first-order valence-corrected chi connectivity index (χ1v) is 9.51. The molecule has 10 heteroatoms. The molecule has 0 spiro atoms. The van der Waals surface area contributed by atoms with Crippen molar-refractivity contribution in [1.82, 2.24) is 14.3 Å². The van der Waals surface area contributed by atoms with Crippen LogP contribution in [0.1, 0.15) is 32.1 Å². The zero-order chi connectivity index (χ0) is 21.6. The third-order valence-corrected chi connectivity index (χ3v) is 5.34. The van der Waals surface area contributed by atoms with Crippen molar-refractivity contribution in [1.29, 1.82) is 0 Å². The second kappa shape index (κ2) is 7.55. The molecule has 1 aliphatic heterocycles. The molecule has 30 heavy (non-hydrogen) atoms. The van der Waals surface area contributed by atoms with Gasteiger partial charge in [-0.3, -0.25) is 28.5 Å². The Labute approximate surface area is 179 Å². The Morgan fingerprint density at radius 2 is 1.67 bits per heavy atom. The van der Waals surface area contributed by atoms with Crippen LogP contribution in [0.2, 0.25) is 10.0 Å². The molecule has 2 aromatic heterocycles. The molecule has 8 nitrogen and oxygen atoms in total. The number of benzene rings is 1. The van der Waals surface area contributed by atoms with Crippen molar-refractivity contribution >= 4 is 46.6 Å². The van der Waals surface area contributed by atoms with Crippen LogP contribution >= 0.6 is 23.2 Å². The minimum absolute atomic E-state index is 0.0711. The fourth-order valence-corrected chi connectivity index (χ4v) is 3.52. The molecular weight excluding hydrogens is 433 g/mol. The van der Waals surface area contributed by atoms with Gasteiger partial charge in [0, 0.05) is 11.8 Å². The molecule has 152 valence electrons. The highest BCUT2D eigenvalue weighted by Crippen LogP contribution is 2.31. The van der Waals surface area contributed by atoms with Gasteiger partial charge in [-0.25, -0.2) is 4.98 Å². The lowest BCUT2D eigenvalue weighted by atomic mass is 10.1. The fraction of sp³-hybridized carbons (Fsp3) is 0.150. The van der Waals surface area contributed by atoms with Crippen LogP contribution < -0.4 is 5.56 Å². The molecule has 3 heterocycles. The van der Waals surface area contributed by atoms with E-state index in [2.05, 4.69) is 4.98 Å². The van der Waals surface area contributed by atoms with Gasteiger partial charge in [0.05, 0.1) is 26.9 Å². The molecule has 0 bridgehead atoms. The number of hydrogen-bond acceptors (Lipinski definition) is 6. The molecular formula is C20H13Cl2N3O5. The van der Waals surface area contributed by atoms with E-state index in [9.17, 15) is 19.2 Å². The van der Waals surface area contributed by atoms with Gasteiger partial charge < -0.3 is 4.74 Å². The smallest absolute Gasteiger partial charge is 0.326 e. The predicted molar refractivity (Wildman–Crippen MR) is 108 cm³/mol. The third-order valence-electron chi connectivity index (χ3n) is 4.61. The number of aryl methyl sites for hydroxylation is 1. The Balaban J connectivity index is 1.47. The van der Waals surface area contributed by atoms with Gasteiger partial charge in [0.1, 0.15) is 18.8 Å². The predicted octanol–water partition coefficient (Wildman–Crippen LogP) is 2.65. The number of rotatable bonds is 4. The van der Waals surface area contributed by atoms with Crippen molar-refractivity contribution in [3.05, 3.63) is 79.3 Å². The number of aromatic nitrogens is 2. The molecule has 0 saturated heterocycles. The second-order valence-corrected chi connectivity index (χ2v) is 7.43. The monoisotopic (exact) mass is 445 g/mol. The number of ether oxygens (including phenoxy) is 1. The number of fused-ring (bicyclic) bond motifs is 2. The van der Waals surface area contributed by atoms with E-state index in [1.54, 1.807) is 25.1 Å². The van der Waals surface area contributed by atoms with Crippen LogP contribution in [0.5, 0.6) is 0 Å². The lowest BCUT2D eigenvalue weighted by Gasteiger charge is -2.13. The zero-order valence-corrected chi connectivity index (χ0v) is 17.0. The highest BCUT2D eigenvalue weighted by Gasteiger charge is 2.37. The number of amides is 2. The maximum atomic E-state index is 12.4. The van der Waals surface area contributed by atoms with Gasteiger partial charge in [0.15, 0.2) is 0 Å². The first kappa shape index (κ1) is 20.1. The van der Waals surface area contributed by atoms with Crippen LogP contribution in [0.3, 0.4) is 0 Å². The van der Waals surface area contributed by atoms with Crippen LogP contribution in [0.25, 0.3) is 5.65 Å². The van der Waals surface area contributed by atoms with Crippen molar-refractivity contribution in [2.75, 3.05) is 6.54 Å². The highest BCUT2D eigenvalue weighted by atomic mass is 35.5. The van der Waals surface area contributed by atoms with E-state index in [1.807, 2.05) is 0 Å². The standard InChI is InChI=1S/C20H13Cl2N3O5/c1-10-3-2-4-16-23-11(5-17(26)25(10)16)9-30-18(27)8-24-19(28)12-6-14(21)15(22)7-13(12)20(24)29/h2-7H,8-9H2,1H3. The highest BCUT2D eigenvalue weighted by molar-refractivity contribution is 6.43. The van der Waals surface area contributed by atoms with Gasteiger partial charge in [-0.2, -0.15) is 0 Å². The van der Waals surface area contributed by atoms with E-state index in [-0.39, 0.29) is 39.0 Å². The number of carbonyl (C=O) groups is 3. The summed E-state index contributed by atoms with van der Waals surface area (Å²) in [7, 11) is 0. The fourth-order valence-electron chi connectivity index (χ4n) is 3.19. The summed E-state index contributed by atoms with van der Waals surface area (Å²) in [6, 6.07) is 9.04. The molecule has 0 saturated carbocycles. The molecule has 4 rings (SSSR count). The molecule has 0 unspecified atom stereocenters. The zero-order valence-electron chi connectivity index (χ0n) is 15.5. The van der Waals surface area contributed by atoms with Crippen molar-refractivity contribution in [3.8, 4) is 0 Å². The average Bonchev–Trinajstić information content (AvgIpc) is 2.91. The van der Waals surface area contributed by atoms with E-state index in [4.69, 9.17) is 27.9 Å². The minimum atomic E-state index is -0.826. The van der Waals surface area contributed by atoms with Gasteiger partial charge in [-0.1, -0.05) is 29.3 Å². The summed E-state index contributed by atoms with van der Waals surface area (Å²) in [4.78, 5) is 54.4. The summed E-state index contributed by atoms with van der Waals surface area (Å²) < 4.78 is 6.55. The molecule has 0 N–H and O–H groups in total. The molecule has 0 fully saturated rings. The maximum absolute atomic E-state index is 12.4. The van der Waals surface area contributed by atoms with Gasteiger partial charge in [-0.05, 0) is 31.2 Å². The number of nitrogens with zero attached hydrogens (tertiary/aromatic N) is 3. The Kier molecular flexibility index (Phi) is 5.05.